The van der Waals surface area contributed by atoms with Crippen molar-refractivity contribution in [1.82, 2.24) is 4.98 Å². The van der Waals surface area contributed by atoms with Crippen molar-refractivity contribution in [3.05, 3.63) is 85.9 Å². The lowest BCUT2D eigenvalue weighted by atomic mass is 9.99. The van der Waals surface area contributed by atoms with Crippen molar-refractivity contribution in [1.29, 1.82) is 0 Å². The summed E-state index contributed by atoms with van der Waals surface area (Å²) in [7, 11) is -6.05. The second-order valence-electron chi connectivity index (χ2n) is 10.2. The number of nitrogens with one attached hydrogen (secondary N) is 1. The first-order valence-electron chi connectivity index (χ1n) is 12.8. The minimum atomic E-state index is -6.05. The molecular weight excluding hydrogens is 597 g/mol. The van der Waals surface area contributed by atoms with Gasteiger partial charge in [0.2, 0.25) is 0 Å². The van der Waals surface area contributed by atoms with Crippen LogP contribution in [0.3, 0.4) is 0 Å². The maximum atomic E-state index is 13.2. The number of hydrogen-bond acceptors (Lipinski definition) is 8. The van der Waals surface area contributed by atoms with E-state index in [0.717, 1.165) is 30.5 Å². The van der Waals surface area contributed by atoms with Crippen LogP contribution in [0.2, 0.25) is 5.15 Å². The maximum Gasteiger partial charge on any atom is 0.534 e. The number of halogens is 4. The van der Waals surface area contributed by atoms with Gasteiger partial charge in [0.1, 0.15) is 16.5 Å². The third-order valence-electron chi connectivity index (χ3n) is 6.97. The van der Waals surface area contributed by atoms with Gasteiger partial charge in [0, 0.05) is 22.6 Å². The quantitative estimate of drug-likeness (QED) is 0.0950. The summed E-state index contributed by atoms with van der Waals surface area (Å²) in [5.41, 5.74) is -3.00. The number of carbonyl (C=O) groups excluding carboxylic acids is 1. The van der Waals surface area contributed by atoms with Crippen LogP contribution in [-0.4, -0.2) is 25.2 Å². The molecule has 0 spiro atoms. The zero-order valence-corrected chi connectivity index (χ0v) is 24.1. The van der Waals surface area contributed by atoms with Gasteiger partial charge in [-0.15, -0.1) is 0 Å². The molecule has 0 saturated heterocycles. The van der Waals surface area contributed by atoms with Crippen LogP contribution in [0.25, 0.3) is 22.2 Å². The average Bonchev–Trinajstić information content (AvgIpc) is 3.76. The fourth-order valence-corrected chi connectivity index (χ4v) is 5.36. The number of aldehydes is 1. The molecule has 1 aliphatic rings. The molecule has 1 atom stereocenters. The topological polar surface area (TPSA) is 116 Å². The molecule has 220 valence electrons. The number of carbonyl (C=O) groups is 1. The Bertz CT molecular complexity index is 1900. The number of fused-ring (bicyclic) bond motifs is 1. The third-order valence-corrected chi connectivity index (χ3v) is 8.15. The lowest BCUT2D eigenvalue weighted by Gasteiger charge is -2.21. The van der Waals surface area contributed by atoms with Gasteiger partial charge in [-0.1, -0.05) is 23.7 Å². The Labute approximate surface area is 243 Å². The number of hydrogen-bond donors (Lipinski definition) is 1. The first kappa shape index (κ1) is 29.6. The van der Waals surface area contributed by atoms with Crippen molar-refractivity contribution in [2.45, 2.75) is 51.1 Å². The zero-order chi connectivity index (χ0) is 30.6. The first-order chi connectivity index (χ1) is 19.7. The summed E-state index contributed by atoms with van der Waals surface area (Å²) in [6, 6.07) is 9.74. The van der Waals surface area contributed by atoms with Crippen LogP contribution in [0.15, 0.2) is 51.7 Å². The molecule has 2 aromatic heterocycles. The van der Waals surface area contributed by atoms with Crippen LogP contribution in [0.5, 0.6) is 5.75 Å². The van der Waals surface area contributed by atoms with E-state index in [2.05, 4.69) is 14.5 Å². The van der Waals surface area contributed by atoms with Crippen molar-refractivity contribution in [3.8, 4) is 17.0 Å². The second kappa shape index (κ2) is 10.7. The Hall–Kier alpha value is -3.90. The largest absolute Gasteiger partial charge is 0.534 e. The van der Waals surface area contributed by atoms with Crippen molar-refractivity contribution in [3.63, 3.8) is 0 Å². The molecule has 1 N–H and O–H groups in total. The number of nitrogens with zero attached hydrogens (tertiary/aromatic N) is 1. The number of alkyl halides is 3. The molecule has 42 heavy (non-hydrogen) atoms. The SMILES string of the molecule is Cc1cc(C(C)Nc2ccc(Cl)nc2-c2ccc(C=O)c(OS(=O)(=O)C(F)(F)F)c2)c2oc(C3CC3)c(C)c(=O)c2c1. The molecule has 0 radical (unpaired) electrons. The predicted octanol–water partition coefficient (Wildman–Crippen LogP) is 7.22. The Morgan fingerprint density at radius 1 is 1.14 bits per heavy atom. The minimum absolute atomic E-state index is 0.0459. The molecule has 1 aliphatic carbocycles. The van der Waals surface area contributed by atoms with Crippen LogP contribution in [0.4, 0.5) is 18.9 Å². The molecular formula is C29H24ClF3N2O6S. The molecule has 5 rings (SSSR count). The first-order valence-corrected chi connectivity index (χ1v) is 14.6. The van der Waals surface area contributed by atoms with Crippen LogP contribution in [-0.2, 0) is 10.1 Å². The van der Waals surface area contributed by atoms with Gasteiger partial charge < -0.3 is 13.9 Å². The van der Waals surface area contributed by atoms with Gasteiger partial charge in [-0.2, -0.15) is 21.6 Å². The molecule has 8 nitrogen and oxygen atoms in total. The van der Waals surface area contributed by atoms with Crippen molar-refractivity contribution in [2.75, 3.05) is 5.32 Å². The highest BCUT2D eigenvalue weighted by atomic mass is 35.5. The van der Waals surface area contributed by atoms with Gasteiger partial charge in [-0.05, 0) is 69.5 Å². The number of aromatic nitrogens is 1. The maximum absolute atomic E-state index is 13.2. The van der Waals surface area contributed by atoms with Crippen LogP contribution < -0.4 is 14.9 Å². The van der Waals surface area contributed by atoms with Crippen molar-refractivity contribution in [2.24, 2.45) is 0 Å². The van der Waals surface area contributed by atoms with E-state index in [1.165, 1.54) is 12.1 Å². The summed E-state index contributed by atoms with van der Waals surface area (Å²) >= 11 is 6.15. The number of benzene rings is 2. The van der Waals surface area contributed by atoms with Gasteiger partial charge in [0.15, 0.2) is 17.5 Å². The molecule has 2 aromatic carbocycles. The summed E-state index contributed by atoms with van der Waals surface area (Å²) in [4.78, 5) is 29.0. The summed E-state index contributed by atoms with van der Waals surface area (Å²) in [6.07, 6.45) is 2.07. The molecule has 0 aliphatic heterocycles. The van der Waals surface area contributed by atoms with E-state index >= 15 is 0 Å². The minimum Gasteiger partial charge on any atom is -0.460 e. The van der Waals surface area contributed by atoms with E-state index in [4.69, 9.17) is 16.0 Å². The van der Waals surface area contributed by atoms with Crippen molar-refractivity contribution >= 4 is 44.7 Å². The predicted molar refractivity (Wildman–Crippen MR) is 152 cm³/mol. The summed E-state index contributed by atoms with van der Waals surface area (Å²) in [5, 5.41) is 3.80. The van der Waals surface area contributed by atoms with Gasteiger partial charge in [-0.3, -0.25) is 9.59 Å². The lowest BCUT2D eigenvalue weighted by molar-refractivity contribution is -0.0500. The zero-order valence-electron chi connectivity index (χ0n) is 22.5. The summed E-state index contributed by atoms with van der Waals surface area (Å²) in [5.74, 6) is 0.0591. The molecule has 1 unspecified atom stereocenters. The molecule has 4 aromatic rings. The molecule has 1 saturated carbocycles. The molecule has 2 heterocycles. The van der Waals surface area contributed by atoms with E-state index < -0.39 is 33.0 Å². The molecule has 1 fully saturated rings. The number of aryl methyl sites for hydroxylation is 1. The van der Waals surface area contributed by atoms with E-state index in [9.17, 15) is 31.2 Å². The smallest absolute Gasteiger partial charge is 0.460 e. The van der Waals surface area contributed by atoms with E-state index in [0.29, 0.717) is 33.5 Å². The van der Waals surface area contributed by atoms with E-state index in [1.54, 1.807) is 19.1 Å². The monoisotopic (exact) mass is 620 g/mol. The summed E-state index contributed by atoms with van der Waals surface area (Å²) in [6.45, 7) is 5.46. The fraction of sp³-hybridized carbons (Fsp3) is 0.276. The number of pyridine rings is 1. The Kier molecular flexibility index (Phi) is 7.56. The lowest BCUT2D eigenvalue weighted by Crippen LogP contribution is -2.28. The molecule has 0 amide bonds. The highest BCUT2D eigenvalue weighted by Gasteiger charge is 2.48. The highest BCUT2D eigenvalue weighted by Crippen LogP contribution is 2.43. The van der Waals surface area contributed by atoms with Gasteiger partial charge in [-0.25, -0.2) is 4.98 Å². The highest BCUT2D eigenvalue weighted by molar-refractivity contribution is 7.88. The normalized spacial score (nSPS) is 14.5. The third kappa shape index (κ3) is 5.60. The summed E-state index contributed by atoms with van der Waals surface area (Å²) < 4.78 is 72.9. The van der Waals surface area contributed by atoms with Crippen LogP contribution >= 0.6 is 11.6 Å². The van der Waals surface area contributed by atoms with Crippen molar-refractivity contribution < 1.29 is 35.0 Å². The van der Waals surface area contributed by atoms with Crippen LogP contribution in [0.1, 0.15) is 64.5 Å². The van der Waals surface area contributed by atoms with E-state index in [-0.39, 0.29) is 34.0 Å². The number of anilines is 1. The number of rotatable bonds is 8. The van der Waals surface area contributed by atoms with Gasteiger partial charge in [0.05, 0.1) is 28.4 Å². The molecule has 13 heteroatoms. The molecule has 0 bridgehead atoms. The van der Waals surface area contributed by atoms with Gasteiger partial charge >= 0.3 is 15.6 Å². The standard InChI is InChI=1S/C29H24ClF3N2O6S/c1-14-10-20(28-21(11-14)26(37)15(2)27(40-28)17-4-5-17)16(3)34-22-8-9-24(30)35-25(22)18-6-7-19(13-36)23(12-18)41-42(38,39)29(31,32)33/h6-13,16-17,34H,4-5H2,1-3H3. The van der Waals surface area contributed by atoms with E-state index in [1.807, 2.05) is 19.9 Å². The Morgan fingerprint density at radius 2 is 1.86 bits per heavy atom. The Balaban J connectivity index is 1.58. The average molecular weight is 621 g/mol. The van der Waals surface area contributed by atoms with Gasteiger partial charge in [0.25, 0.3) is 0 Å². The Morgan fingerprint density at radius 3 is 2.50 bits per heavy atom. The van der Waals surface area contributed by atoms with Crippen LogP contribution in [0, 0.1) is 13.8 Å². The second-order valence-corrected chi connectivity index (χ2v) is 12.1. The fourth-order valence-electron chi connectivity index (χ4n) is 4.74.